The van der Waals surface area contributed by atoms with Gasteiger partial charge in [-0.25, -0.2) is 0 Å². The molecule has 0 aliphatic rings. The van der Waals surface area contributed by atoms with Gasteiger partial charge in [-0.2, -0.15) is 0 Å². The lowest BCUT2D eigenvalue weighted by molar-refractivity contribution is -0.113. The van der Waals surface area contributed by atoms with E-state index in [0.717, 1.165) is 11.3 Å². The number of anilines is 1. The van der Waals surface area contributed by atoms with Crippen molar-refractivity contribution < 1.29 is 14.3 Å². The molecule has 3 aromatic rings. The summed E-state index contributed by atoms with van der Waals surface area (Å²) in [5.41, 5.74) is 1.68. The first kappa shape index (κ1) is 21.4. The van der Waals surface area contributed by atoms with Crippen molar-refractivity contribution in [2.75, 3.05) is 18.2 Å². The number of allylic oxidation sites excluding steroid dienone is 1. The second-order valence-corrected chi connectivity index (χ2v) is 7.33. The van der Waals surface area contributed by atoms with Crippen molar-refractivity contribution in [1.82, 2.24) is 14.8 Å². The third kappa shape index (κ3) is 5.42. The van der Waals surface area contributed by atoms with Gasteiger partial charge in [0.25, 0.3) is 0 Å². The standard InChI is InChI=1S/C22H24N4O3S/c1-4-13-26-20(14-29-18-11-7-5-9-16(18)2)24-25-22(26)30-15-21(27)23-17-10-6-8-12-19(17)28-3/h4-12H,1,13-15H2,2-3H3,(H,23,27). The van der Waals surface area contributed by atoms with Crippen molar-refractivity contribution >= 4 is 23.4 Å². The highest BCUT2D eigenvalue weighted by Gasteiger charge is 2.15. The highest BCUT2D eigenvalue weighted by molar-refractivity contribution is 7.99. The van der Waals surface area contributed by atoms with Crippen LogP contribution in [0.1, 0.15) is 11.4 Å². The number of hydrogen-bond acceptors (Lipinski definition) is 6. The second kappa shape index (κ2) is 10.5. The quantitative estimate of drug-likeness (QED) is 0.390. The Morgan fingerprint density at radius 3 is 2.63 bits per heavy atom. The molecular formula is C22H24N4O3S. The van der Waals surface area contributed by atoms with Gasteiger partial charge in [0, 0.05) is 6.54 Å². The minimum Gasteiger partial charge on any atom is -0.495 e. The van der Waals surface area contributed by atoms with Gasteiger partial charge in [0.2, 0.25) is 5.91 Å². The molecule has 1 N–H and O–H groups in total. The first-order valence-corrected chi connectivity index (χ1v) is 10.4. The topological polar surface area (TPSA) is 78.3 Å². The van der Waals surface area contributed by atoms with Gasteiger partial charge in [0.15, 0.2) is 11.0 Å². The highest BCUT2D eigenvalue weighted by Crippen LogP contribution is 2.24. The number of methoxy groups -OCH3 is 1. The Morgan fingerprint density at radius 1 is 1.17 bits per heavy atom. The SMILES string of the molecule is C=CCn1c(COc2ccccc2C)nnc1SCC(=O)Nc1ccccc1OC. The summed E-state index contributed by atoms with van der Waals surface area (Å²) < 4.78 is 13.1. The monoisotopic (exact) mass is 424 g/mol. The molecule has 156 valence electrons. The van der Waals surface area contributed by atoms with Crippen LogP contribution in [-0.2, 0) is 17.9 Å². The molecule has 0 aliphatic carbocycles. The van der Waals surface area contributed by atoms with Crippen LogP contribution in [0.4, 0.5) is 5.69 Å². The maximum Gasteiger partial charge on any atom is 0.234 e. The number of carbonyl (C=O) groups excluding carboxylic acids is 1. The third-order valence-electron chi connectivity index (χ3n) is 4.27. The van der Waals surface area contributed by atoms with Crippen LogP contribution < -0.4 is 14.8 Å². The van der Waals surface area contributed by atoms with E-state index in [1.165, 1.54) is 11.8 Å². The molecule has 0 radical (unpaired) electrons. The number of thioether (sulfide) groups is 1. The molecule has 0 atom stereocenters. The molecule has 1 amide bonds. The van der Waals surface area contributed by atoms with Crippen molar-refractivity contribution in [2.24, 2.45) is 0 Å². The minimum atomic E-state index is -0.157. The molecule has 0 unspecified atom stereocenters. The molecule has 3 rings (SSSR count). The average Bonchev–Trinajstić information content (AvgIpc) is 3.14. The largest absolute Gasteiger partial charge is 0.495 e. The average molecular weight is 425 g/mol. The number of aromatic nitrogens is 3. The van der Waals surface area contributed by atoms with Gasteiger partial charge in [-0.15, -0.1) is 16.8 Å². The number of hydrogen-bond donors (Lipinski definition) is 1. The first-order chi connectivity index (χ1) is 14.6. The van der Waals surface area contributed by atoms with Crippen molar-refractivity contribution in [3.05, 3.63) is 72.6 Å². The van der Waals surface area contributed by atoms with E-state index in [4.69, 9.17) is 9.47 Å². The zero-order valence-corrected chi connectivity index (χ0v) is 17.8. The molecule has 1 heterocycles. The Hall–Kier alpha value is -3.26. The van der Waals surface area contributed by atoms with Crippen molar-refractivity contribution in [3.63, 3.8) is 0 Å². The lowest BCUT2D eigenvalue weighted by atomic mass is 10.2. The number of carbonyl (C=O) groups is 1. The Kier molecular flexibility index (Phi) is 7.51. The van der Waals surface area contributed by atoms with Crippen molar-refractivity contribution in [3.8, 4) is 11.5 Å². The van der Waals surface area contributed by atoms with E-state index in [9.17, 15) is 4.79 Å². The lowest BCUT2D eigenvalue weighted by Gasteiger charge is -2.11. The Morgan fingerprint density at radius 2 is 1.90 bits per heavy atom. The number of rotatable bonds is 10. The predicted octanol–water partition coefficient (Wildman–Crippen LogP) is 4.09. The molecule has 0 fully saturated rings. The summed E-state index contributed by atoms with van der Waals surface area (Å²) >= 11 is 1.31. The van der Waals surface area contributed by atoms with E-state index in [1.54, 1.807) is 25.3 Å². The summed E-state index contributed by atoms with van der Waals surface area (Å²) in [6.07, 6.45) is 1.76. The maximum atomic E-state index is 12.4. The number of amides is 1. The molecule has 30 heavy (non-hydrogen) atoms. The molecular weight excluding hydrogens is 400 g/mol. The molecule has 0 bridgehead atoms. The van der Waals surface area contributed by atoms with Crippen LogP contribution >= 0.6 is 11.8 Å². The van der Waals surface area contributed by atoms with Crippen LogP contribution in [0.2, 0.25) is 0 Å². The molecule has 0 saturated heterocycles. The van der Waals surface area contributed by atoms with Crippen LogP contribution in [0.25, 0.3) is 0 Å². The summed E-state index contributed by atoms with van der Waals surface area (Å²) in [5, 5.41) is 12.0. The van der Waals surface area contributed by atoms with E-state index in [1.807, 2.05) is 47.9 Å². The van der Waals surface area contributed by atoms with E-state index >= 15 is 0 Å². The first-order valence-electron chi connectivity index (χ1n) is 9.39. The van der Waals surface area contributed by atoms with Gasteiger partial charge in [0.1, 0.15) is 18.1 Å². The number of nitrogens with one attached hydrogen (secondary N) is 1. The van der Waals surface area contributed by atoms with Gasteiger partial charge >= 0.3 is 0 Å². The van der Waals surface area contributed by atoms with E-state index in [0.29, 0.717) is 29.0 Å². The predicted molar refractivity (Wildman–Crippen MR) is 118 cm³/mol. The Labute approximate surface area is 180 Å². The number of benzene rings is 2. The number of aryl methyl sites for hydroxylation is 1. The maximum absolute atomic E-state index is 12.4. The molecule has 1 aromatic heterocycles. The molecule has 0 spiro atoms. The summed E-state index contributed by atoms with van der Waals surface area (Å²) in [6, 6.07) is 15.1. The molecule has 8 heteroatoms. The van der Waals surface area contributed by atoms with Gasteiger partial charge in [0.05, 0.1) is 18.6 Å². The molecule has 2 aromatic carbocycles. The summed E-state index contributed by atoms with van der Waals surface area (Å²) in [7, 11) is 1.57. The number of para-hydroxylation sites is 3. The van der Waals surface area contributed by atoms with E-state index < -0.39 is 0 Å². The van der Waals surface area contributed by atoms with Crippen molar-refractivity contribution in [1.29, 1.82) is 0 Å². The van der Waals surface area contributed by atoms with Crippen molar-refractivity contribution in [2.45, 2.75) is 25.2 Å². The van der Waals surface area contributed by atoms with E-state index in [-0.39, 0.29) is 18.3 Å². The third-order valence-corrected chi connectivity index (χ3v) is 5.24. The summed E-state index contributed by atoms with van der Waals surface area (Å²) in [4.78, 5) is 12.4. The van der Waals surface area contributed by atoms with Gasteiger partial charge in [-0.3, -0.25) is 9.36 Å². The van der Waals surface area contributed by atoms with Crippen LogP contribution in [-0.4, -0.2) is 33.5 Å². The fourth-order valence-corrected chi connectivity index (χ4v) is 3.54. The Bertz CT molecular complexity index is 1020. The van der Waals surface area contributed by atoms with Crippen LogP contribution in [0, 0.1) is 6.92 Å². The lowest BCUT2D eigenvalue weighted by Crippen LogP contribution is -2.15. The Balaban J connectivity index is 1.63. The van der Waals surface area contributed by atoms with E-state index in [2.05, 4.69) is 22.1 Å². The smallest absolute Gasteiger partial charge is 0.234 e. The van der Waals surface area contributed by atoms with Gasteiger partial charge in [-0.1, -0.05) is 48.2 Å². The number of nitrogens with zero attached hydrogens (tertiary/aromatic N) is 3. The zero-order chi connectivity index (χ0) is 21.3. The second-order valence-electron chi connectivity index (χ2n) is 6.39. The summed E-state index contributed by atoms with van der Waals surface area (Å²) in [6.45, 7) is 6.59. The fourth-order valence-electron chi connectivity index (χ4n) is 2.77. The van der Waals surface area contributed by atoms with Gasteiger partial charge in [-0.05, 0) is 30.7 Å². The van der Waals surface area contributed by atoms with Crippen LogP contribution in [0.5, 0.6) is 11.5 Å². The molecule has 7 nitrogen and oxygen atoms in total. The number of ether oxygens (including phenoxy) is 2. The van der Waals surface area contributed by atoms with Crippen LogP contribution in [0.15, 0.2) is 66.3 Å². The summed E-state index contributed by atoms with van der Waals surface area (Å²) in [5.74, 6) is 2.12. The van der Waals surface area contributed by atoms with Crippen LogP contribution in [0.3, 0.4) is 0 Å². The zero-order valence-electron chi connectivity index (χ0n) is 17.0. The highest BCUT2D eigenvalue weighted by atomic mass is 32.2. The normalized spacial score (nSPS) is 10.5. The fraction of sp³-hybridized carbons (Fsp3) is 0.227. The molecule has 0 aliphatic heterocycles. The molecule has 0 saturated carbocycles. The van der Waals surface area contributed by atoms with Gasteiger partial charge < -0.3 is 14.8 Å². The minimum absolute atomic E-state index is 0.157.